The number of hydrogen-bond acceptors (Lipinski definition) is 5. The second kappa shape index (κ2) is 6.46. The number of rotatable bonds is 2. The second-order valence-corrected chi connectivity index (χ2v) is 1.73. The topological polar surface area (TPSA) is 113 Å². The minimum absolute atomic E-state index is 0. The van der Waals surface area contributed by atoms with E-state index in [-0.39, 0.29) is 12.8 Å². The lowest BCUT2D eigenvalue weighted by Gasteiger charge is -2.05. The van der Waals surface area contributed by atoms with E-state index in [0.717, 1.165) is 0 Å². The zero-order chi connectivity index (χ0) is 7.28. The van der Waals surface area contributed by atoms with E-state index in [4.69, 9.17) is 0 Å². The van der Waals surface area contributed by atoms with Crippen molar-refractivity contribution in [1.29, 1.82) is 0 Å². The monoisotopic (exact) mass is 169 g/mol. The first-order chi connectivity index (χ1) is 4.16. The van der Waals surface area contributed by atoms with Gasteiger partial charge in [-0.3, -0.25) is 8.93 Å². The van der Waals surface area contributed by atoms with Gasteiger partial charge in [-0.1, -0.05) is 0 Å². The van der Waals surface area contributed by atoms with Crippen molar-refractivity contribution in [2.24, 2.45) is 0 Å². The molecule has 0 aromatic heterocycles. The molecule has 0 saturated heterocycles. The highest BCUT2D eigenvalue weighted by molar-refractivity contribution is 7.77. The van der Waals surface area contributed by atoms with Crippen molar-refractivity contribution in [2.45, 2.75) is 6.92 Å². The third-order valence-electron chi connectivity index (χ3n) is 0.442. The molecule has 62 valence electrons. The van der Waals surface area contributed by atoms with Crippen LogP contribution in [0.15, 0.2) is 0 Å². The average Bonchev–Trinajstić information content (AvgIpc) is 1.63. The number of carbonyl (C=O) groups excluding carboxylic acids is 1. The van der Waals surface area contributed by atoms with Crippen LogP contribution in [0.2, 0.25) is 0 Å². The Morgan fingerprint density at radius 3 is 2.60 bits per heavy atom. The molecule has 0 heterocycles. The summed E-state index contributed by atoms with van der Waals surface area (Å²) in [6.45, 7) is 1.73. The van der Waals surface area contributed by atoms with Gasteiger partial charge in [0.2, 0.25) is 0 Å². The highest BCUT2D eigenvalue weighted by atomic mass is 32.2. The van der Waals surface area contributed by atoms with Crippen molar-refractivity contribution in [1.82, 2.24) is 10.9 Å². The van der Waals surface area contributed by atoms with Gasteiger partial charge in [0.15, 0.2) is 0 Å². The van der Waals surface area contributed by atoms with E-state index >= 15 is 0 Å². The van der Waals surface area contributed by atoms with Crippen molar-refractivity contribution in [3.63, 3.8) is 0 Å². The molecule has 1 amide bonds. The maximum absolute atomic E-state index is 10.1. The van der Waals surface area contributed by atoms with Gasteiger partial charge >= 0.3 is 6.09 Å². The summed E-state index contributed by atoms with van der Waals surface area (Å²) in [6, 6.07) is 0. The lowest BCUT2D eigenvalue weighted by atomic mass is 10.9. The minimum Gasteiger partial charge on any atom is -0.755 e. The number of ether oxygens (including phenoxy) is 1. The van der Waals surface area contributed by atoms with Crippen LogP contribution >= 0.6 is 0 Å². The predicted octanol–water partition coefficient (Wildman–Crippen LogP) is -0.311. The van der Waals surface area contributed by atoms with Gasteiger partial charge in [0.05, 0.1) is 6.61 Å². The fraction of sp³-hybridized carbons (Fsp3) is 0.667. The third kappa shape index (κ3) is 7.34. The van der Waals surface area contributed by atoms with Gasteiger partial charge in [0.1, 0.15) is 0 Å². The summed E-state index contributed by atoms with van der Waals surface area (Å²) >= 11 is -2.57. The normalized spacial score (nSPS) is 11.0. The van der Waals surface area contributed by atoms with E-state index in [1.165, 1.54) is 4.72 Å². The van der Waals surface area contributed by atoms with E-state index in [2.05, 4.69) is 4.74 Å². The van der Waals surface area contributed by atoms with Crippen LogP contribution in [0.1, 0.15) is 6.92 Å². The summed E-state index contributed by atoms with van der Waals surface area (Å²) in [5.41, 5.74) is 0. The maximum atomic E-state index is 10.1. The van der Waals surface area contributed by atoms with E-state index in [1.54, 1.807) is 6.92 Å². The Labute approximate surface area is 60.9 Å². The molecule has 1 unspecified atom stereocenters. The number of carbonyl (C=O) groups is 1. The Morgan fingerprint density at radius 1 is 1.80 bits per heavy atom. The second-order valence-electron chi connectivity index (χ2n) is 1.06. The van der Waals surface area contributed by atoms with Crippen LogP contribution in [-0.4, -0.2) is 21.5 Å². The van der Waals surface area contributed by atoms with Gasteiger partial charge in [-0.05, 0) is 6.92 Å². The van der Waals surface area contributed by atoms with Gasteiger partial charge in [-0.15, -0.1) is 0 Å². The summed E-state index contributed by atoms with van der Waals surface area (Å²) < 4.78 is 25.1. The average molecular weight is 169 g/mol. The smallest absolute Gasteiger partial charge is 0.418 e. The van der Waals surface area contributed by atoms with Crippen molar-refractivity contribution in [3.05, 3.63) is 0 Å². The molecule has 7 heteroatoms. The first-order valence-corrected chi connectivity index (χ1v) is 3.27. The van der Waals surface area contributed by atoms with Crippen LogP contribution < -0.4 is 10.9 Å². The molecule has 0 aliphatic rings. The summed E-state index contributed by atoms with van der Waals surface area (Å²) in [4.78, 5) is 10.1. The van der Waals surface area contributed by atoms with Gasteiger partial charge in [-0.25, -0.2) is 4.79 Å². The number of nitrogens with one attached hydrogen (secondary N) is 1. The van der Waals surface area contributed by atoms with Crippen molar-refractivity contribution < 1.29 is 18.3 Å². The molecule has 0 bridgehead atoms. The fourth-order valence-corrected chi connectivity index (χ4v) is 0.424. The lowest BCUT2D eigenvalue weighted by Crippen LogP contribution is -2.25. The molecule has 0 saturated carbocycles. The summed E-state index contributed by atoms with van der Waals surface area (Å²) in [5.74, 6) is 0. The molecule has 4 N–H and O–H groups in total. The molecule has 0 fully saturated rings. The molecule has 6 nitrogen and oxygen atoms in total. The van der Waals surface area contributed by atoms with Crippen molar-refractivity contribution in [3.8, 4) is 0 Å². The van der Waals surface area contributed by atoms with E-state index < -0.39 is 17.4 Å². The molecule has 0 rings (SSSR count). The first-order valence-electron chi connectivity index (χ1n) is 2.19. The van der Waals surface area contributed by atoms with E-state index in [0.29, 0.717) is 0 Å². The lowest BCUT2D eigenvalue weighted by molar-refractivity contribution is 0.158. The molecule has 0 aromatic rings. The van der Waals surface area contributed by atoms with Gasteiger partial charge in [0, 0.05) is 11.3 Å². The summed E-state index contributed by atoms with van der Waals surface area (Å²) in [5, 5.41) is 0. The Kier molecular flexibility index (Phi) is 7.79. The summed E-state index contributed by atoms with van der Waals surface area (Å²) in [6.07, 6.45) is -0.953. The van der Waals surface area contributed by atoms with Gasteiger partial charge < -0.3 is 15.4 Å². The van der Waals surface area contributed by atoms with E-state index in [9.17, 15) is 13.6 Å². The molecule has 0 radical (unpaired) electrons. The predicted molar refractivity (Wildman–Crippen MR) is 34.1 cm³/mol. The quantitative estimate of drug-likeness (QED) is 0.550. The third-order valence-corrected chi connectivity index (χ3v) is 0.775. The molecule has 0 spiro atoms. The highest BCUT2D eigenvalue weighted by Crippen LogP contribution is 1.75. The van der Waals surface area contributed by atoms with Crippen LogP contribution in [0.4, 0.5) is 4.79 Å². The van der Waals surface area contributed by atoms with Gasteiger partial charge in [-0.2, -0.15) is 0 Å². The maximum Gasteiger partial charge on any atom is 0.418 e. The number of amides is 1. The van der Waals surface area contributed by atoms with Gasteiger partial charge in [0.25, 0.3) is 0 Å². The van der Waals surface area contributed by atoms with Crippen LogP contribution in [0, 0.1) is 0 Å². The Bertz CT molecular complexity index is 128. The molecule has 0 aliphatic heterocycles. The molecule has 0 aromatic carbocycles. The number of hydrogen-bond donors (Lipinski definition) is 2. The highest BCUT2D eigenvalue weighted by Gasteiger charge is 1.95. The van der Waals surface area contributed by atoms with Crippen molar-refractivity contribution in [2.75, 3.05) is 6.61 Å². The Morgan fingerprint density at radius 2 is 2.30 bits per heavy atom. The molecule has 0 aliphatic carbocycles. The molecule has 10 heavy (non-hydrogen) atoms. The van der Waals surface area contributed by atoms with E-state index in [1.807, 2.05) is 0 Å². The standard InChI is InChI=1S/C3H7NO4S.H3N/c1-2-8-3(5)4-9(6)7;/h2H2,1H3,(H,4,5)(H,6,7);1H3/p-1. The molecular weight excluding hydrogens is 160 g/mol. The van der Waals surface area contributed by atoms with Crippen LogP contribution in [0.25, 0.3) is 0 Å². The van der Waals surface area contributed by atoms with Crippen LogP contribution in [-0.2, 0) is 16.0 Å². The first kappa shape index (κ1) is 12.1. The van der Waals surface area contributed by atoms with Crippen LogP contribution in [0.3, 0.4) is 0 Å². The molecular formula is C3H9N2O4S-. The van der Waals surface area contributed by atoms with Crippen molar-refractivity contribution >= 4 is 17.4 Å². The Balaban J connectivity index is 0. The summed E-state index contributed by atoms with van der Waals surface area (Å²) in [7, 11) is 0. The SMILES string of the molecule is CCOC(=O)NS(=O)[O-].N. The zero-order valence-corrected chi connectivity index (χ0v) is 6.27. The fourth-order valence-electron chi connectivity index (χ4n) is 0.229. The minimum atomic E-state index is -2.57. The van der Waals surface area contributed by atoms with Crippen LogP contribution in [0.5, 0.6) is 0 Å². The largest absolute Gasteiger partial charge is 0.755 e. The molecule has 1 atom stereocenters. The zero-order valence-electron chi connectivity index (χ0n) is 5.46. The Hall–Kier alpha value is -0.660.